The molecule has 2 aliphatic heterocycles. The smallest absolute Gasteiger partial charge is 0.257 e. The average Bonchev–Trinajstić information content (AvgIpc) is 2.85. The summed E-state index contributed by atoms with van der Waals surface area (Å²) in [5.74, 6) is 1.85. The third-order valence-corrected chi connectivity index (χ3v) is 7.32. The first kappa shape index (κ1) is 18.0. The first-order valence-electron chi connectivity index (χ1n) is 8.98. The molecule has 3 rings (SSSR count). The highest BCUT2D eigenvalue weighted by Crippen LogP contribution is 2.39. The van der Waals surface area contributed by atoms with Crippen LogP contribution in [0.2, 0.25) is 0 Å². The number of hydrogen-bond donors (Lipinski definition) is 1. The maximum absolute atomic E-state index is 12.4. The lowest BCUT2D eigenvalue weighted by molar-refractivity contribution is -0.116. The molecule has 1 atom stereocenters. The van der Waals surface area contributed by atoms with Gasteiger partial charge in [0.1, 0.15) is 0 Å². The van der Waals surface area contributed by atoms with Crippen LogP contribution < -0.4 is 5.32 Å². The van der Waals surface area contributed by atoms with Gasteiger partial charge in [0.15, 0.2) is 0 Å². The Morgan fingerprint density at radius 2 is 2.25 bits per heavy atom. The quantitative estimate of drug-likeness (QED) is 0.795. The maximum atomic E-state index is 12.4. The van der Waals surface area contributed by atoms with Crippen LogP contribution in [-0.2, 0) is 10.5 Å². The Hall–Kier alpha value is -0.780. The summed E-state index contributed by atoms with van der Waals surface area (Å²) in [4.78, 5) is 18.4. The van der Waals surface area contributed by atoms with Gasteiger partial charge in [0, 0.05) is 28.6 Å². The molecular formula is C19H28N2OS2. The van der Waals surface area contributed by atoms with E-state index in [2.05, 4.69) is 37.1 Å². The summed E-state index contributed by atoms with van der Waals surface area (Å²) in [6.07, 6.45) is 5.80. The van der Waals surface area contributed by atoms with E-state index in [9.17, 15) is 4.79 Å². The van der Waals surface area contributed by atoms with Gasteiger partial charge in [-0.05, 0) is 69.3 Å². The minimum atomic E-state index is 0.0985. The standard InChI is InChI=1S/C19H28N2OS2/c1-13-6-4-8-21(11-13)9-5-7-20-19(22)18-10-17-16(12-23-18)14(2)15(3)24-17/h10,13H,4-9,11-12H2,1-3H3,(H,20,22)/t13-/m1/s1. The van der Waals surface area contributed by atoms with E-state index in [0.29, 0.717) is 0 Å². The van der Waals surface area contributed by atoms with Crippen molar-refractivity contribution in [3.05, 3.63) is 25.8 Å². The Bertz CT molecular complexity index is 636. The van der Waals surface area contributed by atoms with Gasteiger partial charge >= 0.3 is 0 Å². The van der Waals surface area contributed by atoms with Crippen molar-refractivity contribution in [1.82, 2.24) is 10.2 Å². The molecular weight excluding hydrogens is 336 g/mol. The lowest BCUT2D eigenvalue weighted by Gasteiger charge is -2.30. The fourth-order valence-electron chi connectivity index (χ4n) is 3.52. The molecule has 3 nitrogen and oxygen atoms in total. The van der Waals surface area contributed by atoms with Crippen molar-refractivity contribution in [3.8, 4) is 0 Å². The van der Waals surface area contributed by atoms with Crippen LogP contribution >= 0.6 is 23.1 Å². The lowest BCUT2D eigenvalue weighted by atomic mass is 10.0. The Morgan fingerprint density at radius 3 is 3.04 bits per heavy atom. The Morgan fingerprint density at radius 1 is 1.42 bits per heavy atom. The number of nitrogens with one attached hydrogen (secondary N) is 1. The largest absolute Gasteiger partial charge is 0.352 e. The van der Waals surface area contributed by atoms with E-state index in [1.54, 1.807) is 11.8 Å². The second-order valence-electron chi connectivity index (χ2n) is 7.08. The summed E-state index contributed by atoms with van der Waals surface area (Å²) in [6, 6.07) is 0. The first-order valence-corrected chi connectivity index (χ1v) is 10.8. The summed E-state index contributed by atoms with van der Waals surface area (Å²) in [5, 5.41) is 3.11. The molecule has 3 heterocycles. The normalized spacial score (nSPS) is 21.3. The van der Waals surface area contributed by atoms with Crippen LogP contribution in [0.3, 0.4) is 0 Å². The number of thiophene rings is 1. The van der Waals surface area contributed by atoms with Crippen molar-refractivity contribution >= 4 is 35.1 Å². The predicted molar refractivity (Wildman–Crippen MR) is 106 cm³/mol. The van der Waals surface area contributed by atoms with Crippen molar-refractivity contribution in [2.75, 3.05) is 26.2 Å². The number of likely N-dealkylation sites (tertiary alicyclic amines) is 1. The van der Waals surface area contributed by atoms with Gasteiger partial charge in [0.05, 0.1) is 4.91 Å². The van der Waals surface area contributed by atoms with E-state index < -0.39 is 0 Å². The van der Waals surface area contributed by atoms with Crippen molar-refractivity contribution in [3.63, 3.8) is 0 Å². The van der Waals surface area contributed by atoms with Gasteiger partial charge in [-0.25, -0.2) is 0 Å². The molecule has 1 fully saturated rings. The maximum Gasteiger partial charge on any atom is 0.257 e. The molecule has 132 valence electrons. The Kier molecular flexibility index (Phi) is 6.06. The van der Waals surface area contributed by atoms with Crippen molar-refractivity contribution in [2.45, 2.75) is 45.8 Å². The molecule has 1 N–H and O–H groups in total. The Labute approximate surface area is 153 Å². The number of carbonyl (C=O) groups excluding carboxylic acids is 1. The van der Waals surface area contributed by atoms with Gasteiger partial charge in [-0.2, -0.15) is 0 Å². The highest BCUT2D eigenvalue weighted by molar-refractivity contribution is 8.03. The van der Waals surface area contributed by atoms with Crippen LogP contribution in [0.1, 0.15) is 47.1 Å². The number of hydrogen-bond acceptors (Lipinski definition) is 4. The fraction of sp³-hybridized carbons (Fsp3) is 0.632. The zero-order valence-electron chi connectivity index (χ0n) is 15.0. The number of thioether (sulfide) groups is 1. The number of aryl methyl sites for hydroxylation is 1. The number of rotatable bonds is 5. The highest BCUT2D eigenvalue weighted by Gasteiger charge is 2.21. The van der Waals surface area contributed by atoms with Gasteiger partial charge in [0.25, 0.3) is 5.91 Å². The topological polar surface area (TPSA) is 32.3 Å². The molecule has 0 aromatic carbocycles. The van der Waals surface area contributed by atoms with E-state index in [0.717, 1.165) is 36.1 Å². The molecule has 0 aliphatic carbocycles. The van der Waals surface area contributed by atoms with E-state index in [-0.39, 0.29) is 5.91 Å². The van der Waals surface area contributed by atoms with Gasteiger partial charge in [0.2, 0.25) is 0 Å². The zero-order chi connectivity index (χ0) is 17.1. The zero-order valence-corrected chi connectivity index (χ0v) is 16.6. The van der Waals surface area contributed by atoms with E-state index >= 15 is 0 Å². The van der Waals surface area contributed by atoms with Gasteiger partial charge in [-0.1, -0.05) is 6.92 Å². The number of piperidine rings is 1. The van der Waals surface area contributed by atoms with Crippen molar-refractivity contribution in [2.24, 2.45) is 5.92 Å². The van der Waals surface area contributed by atoms with Crippen molar-refractivity contribution in [1.29, 1.82) is 0 Å². The van der Waals surface area contributed by atoms with Crippen LogP contribution in [0.15, 0.2) is 4.91 Å². The number of fused-ring (bicyclic) bond motifs is 1. The molecule has 1 aromatic rings. The van der Waals surface area contributed by atoms with Crippen LogP contribution in [-0.4, -0.2) is 37.0 Å². The number of amides is 1. The minimum Gasteiger partial charge on any atom is -0.352 e. The average molecular weight is 365 g/mol. The van der Waals surface area contributed by atoms with Crippen LogP contribution in [0, 0.1) is 19.8 Å². The number of carbonyl (C=O) groups is 1. The molecule has 0 spiro atoms. The molecule has 1 amide bonds. The SMILES string of the molecule is Cc1sc2c(c1C)CSC(C(=O)NCCCN1CCC[C@@H](C)C1)=C2. The molecule has 0 radical (unpaired) electrons. The van der Waals surface area contributed by atoms with Gasteiger partial charge < -0.3 is 10.2 Å². The minimum absolute atomic E-state index is 0.0985. The second kappa shape index (κ2) is 8.07. The summed E-state index contributed by atoms with van der Waals surface area (Å²) in [5.41, 5.74) is 2.81. The molecule has 0 unspecified atom stereocenters. The third kappa shape index (κ3) is 4.24. The third-order valence-electron chi connectivity index (χ3n) is 5.08. The highest BCUT2D eigenvalue weighted by atomic mass is 32.2. The molecule has 5 heteroatoms. The second-order valence-corrected chi connectivity index (χ2v) is 9.35. The molecule has 24 heavy (non-hydrogen) atoms. The van der Waals surface area contributed by atoms with E-state index in [1.165, 1.54) is 46.8 Å². The van der Waals surface area contributed by atoms with Crippen LogP contribution in [0.25, 0.3) is 6.08 Å². The molecule has 1 saturated heterocycles. The molecule has 0 bridgehead atoms. The van der Waals surface area contributed by atoms with Crippen LogP contribution in [0.5, 0.6) is 0 Å². The monoisotopic (exact) mass is 364 g/mol. The Balaban J connectivity index is 1.45. The van der Waals surface area contributed by atoms with E-state index in [4.69, 9.17) is 0 Å². The van der Waals surface area contributed by atoms with Gasteiger partial charge in [-0.15, -0.1) is 23.1 Å². The summed E-state index contributed by atoms with van der Waals surface area (Å²) < 4.78 is 0. The summed E-state index contributed by atoms with van der Waals surface area (Å²) in [7, 11) is 0. The number of nitrogens with zero attached hydrogens (tertiary/aromatic N) is 1. The lowest BCUT2D eigenvalue weighted by Crippen LogP contribution is -2.36. The molecule has 1 aromatic heterocycles. The van der Waals surface area contributed by atoms with Crippen LogP contribution in [0.4, 0.5) is 0 Å². The molecule has 2 aliphatic rings. The van der Waals surface area contributed by atoms with Crippen molar-refractivity contribution < 1.29 is 4.79 Å². The summed E-state index contributed by atoms with van der Waals surface area (Å²) in [6.45, 7) is 11.0. The predicted octanol–water partition coefficient (Wildman–Crippen LogP) is 4.19. The molecule has 0 saturated carbocycles. The van der Waals surface area contributed by atoms with Gasteiger partial charge in [-0.3, -0.25) is 4.79 Å². The summed E-state index contributed by atoms with van der Waals surface area (Å²) >= 11 is 3.48. The van der Waals surface area contributed by atoms with E-state index in [1.807, 2.05) is 11.3 Å². The fourth-order valence-corrected chi connectivity index (χ4v) is 5.89. The first-order chi connectivity index (χ1) is 11.5.